The lowest BCUT2D eigenvalue weighted by atomic mass is 10.1. The number of hydrogen-bond donors (Lipinski definition) is 0. The Bertz CT molecular complexity index is 479. The smallest absolute Gasteiger partial charge is 0.173 e. The van der Waals surface area contributed by atoms with E-state index in [-0.39, 0.29) is 0 Å². The largest absolute Gasteiger partial charge is 0.496 e. The summed E-state index contributed by atoms with van der Waals surface area (Å²) in [6.07, 6.45) is 0.874. The Balaban J connectivity index is 2.60. The van der Waals surface area contributed by atoms with Gasteiger partial charge in [-0.05, 0) is 19.1 Å². The van der Waals surface area contributed by atoms with Crippen LogP contribution in [-0.4, -0.2) is 17.6 Å². The molecule has 0 amide bonds. The van der Waals surface area contributed by atoms with Gasteiger partial charge in [0.2, 0.25) is 0 Å². The standard InChI is InChI=1S/C11H12BrNO2/c1-7-10(14-2)4-3-8-9(5-6-12)13-15-11(7)8/h3-4H,5-6H2,1-2H3. The molecule has 0 aliphatic rings. The van der Waals surface area contributed by atoms with Crippen molar-refractivity contribution in [3.05, 3.63) is 23.4 Å². The third kappa shape index (κ3) is 1.74. The van der Waals surface area contributed by atoms with E-state index in [0.717, 1.165) is 39.7 Å². The molecule has 15 heavy (non-hydrogen) atoms. The van der Waals surface area contributed by atoms with Gasteiger partial charge in [0.25, 0.3) is 0 Å². The van der Waals surface area contributed by atoms with Crippen LogP contribution in [0.5, 0.6) is 5.75 Å². The second kappa shape index (κ2) is 4.23. The van der Waals surface area contributed by atoms with Crippen molar-refractivity contribution in [2.75, 3.05) is 12.4 Å². The van der Waals surface area contributed by atoms with Crippen molar-refractivity contribution in [1.29, 1.82) is 0 Å². The van der Waals surface area contributed by atoms with E-state index in [4.69, 9.17) is 9.26 Å². The number of aryl methyl sites for hydroxylation is 2. The van der Waals surface area contributed by atoms with E-state index in [1.165, 1.54) is 0 Å². The van der Waals surface area contributed by atoms with E-state index in [2.05, 4.69) is 21.1 Å². The summed E-state index contributed by atoms with van der Waals surface area (Å²) in [5.74, 6) is 0.837. The summed E-state index contributed by atoms with van der Waals surface area (Å²) in [6.45, 7) is 1.98. The van der Waals surface area contributed by atoms with Gasteiger partial charge in [0.1, 0.15) is 5.75 Å². The van der Waals surface area contributed by atoms with Crippen LogP contribution >= 0.6 is 15.9 Å². The Hall–Kier alpha value is -1.03. The van der Waals surface area contributed by atoms with Crippen molar-refractivity contribution < 1.29 is 9.26 Å². The Labute approximate surface area is 96.5 Å². The minimum atomic E-state index is 0.824. The zero-order valence-electron chi connectivity index (χ0n) is 8.71. The summed E-state index contributed by atoms with van der Waals surface area (Å²) in [4.78, 5) is 0. The third-order valence-electron chi connectivity index (χ3n) is 2.47. The number of hydrogen-bond acceptors (Lipinski definition) is 3. The fourth-order valence-corrected chi connectivity index (χ4v) is 2.03. The van der Waals surface area contributed by atoms with Gasteiger partial charge in [-0.3, -0.25) is 0 Å². The predicted octanol–water partition coefficient (Wildman–Crippen LogP) is 3.08. The fraction of sp³-hybridized carbons (Fsp3) is 0.364. The van der Waals surface area contributed by atoms with Crippen LogP contribution in [0, 0.1) is 6.92 Å². The van der Waals surface area contributed by atoms with Crippen LogP contribution in [0.15, 0.2) is 16.7 Å². The molecular weight excluding hydrogens is 258 g/mol. The quantitative estimate of drug-likeness (QED) is 0.804. The van der Waals surface area contributed by atoms with Gasteiger partial charge in [-0.15, -0.1) is 0 Å². The highest BCUT2D eigenvalue weighted by molar-refractivity contribution is 9.09. The molecule has 0 saturated heterocycles. The first-order chi connectivity index (χ1) is 7.27. The van der Waals surface area contributed by atoms with E-state index in [1.54, 1.807) is 7.11 Å². The molecule has 0 N–H and O–H groups in total. The molecule has 0 fully saturated rings. The third-order valence-corrected chi connectivity index (χ3v) is 2.86. The summed E-state index contributed by atoms with van der Waals surface area (Å²) < 4.78 is 10.5. The molecule has 1 heterocycles. The molecule has 2 rings (SSSR count). The summed E-state index contributed by atoms with van der Waals surface area (Å²) in [5, 5.41) is 6.03. The van der Waals surface area contributed by atoms with Crippen LogP contribution in [0.3, 0.4) is 0 Å². The summed E-state index contributed by atoms with van der Waals surface area (Å²) >= 11 is 3.40. The Kier molecular flexibility index (Phi) is 2.95. The number of aromatic nitrogens is 1. The minimum Gasteiger partial charge on any atom is -0.496 e. The normalized spacial score (nSPS) is 10.9. The number of methoxy groups -OCH3 is 1. The maximum Gasteiger partial charge on any atom is 0.173 e. The van der Waals surface area contributed by atoms with Gasteiger partial charge in [-0.2, -0.15) is 0 Å². The zero-order valence-corrected chi connectivity index (χ0v) is 10.3. The molecule has 2 aromatic rings. The first kappa shape index (κ1) is 10.5. The first-order valence-electron chi connectivity index (χ1n) is 4.75. The zero-order chi connectivity index (χ0) is 10.8. The van der Waals surface area contributed by atoms with E-state index in [1.807, 2.05) is 19.1 Å². The summed E-state index contributed by atoms with van der Waals surface area (Å²) in [6, 6.07) is 3.95. The highest BCUT2D eigenvalue weighted by Gasteiger charge is 2.12. The number of halogens is 1. The minimum absolute atomic E-state index is 0.824. The van der Waals surface area contributed by atoms with Gasteiger partial charge in [-0.1, -0.05) is 21.1 Å². The van der Waals surface area contributed by atoms with Gasteiger partial charge in [0.15, 0.2) is 5.58 Å². The van der Waals surface area contributed by atoms with Crippen molar-refractivity contribution in [1.82, 2.24) is 5.16 Å². The molecule has 0 bridgehead atoms. The summed E-state index contributed by atoms with van der Waals surface area (Å²) in [5.41, 5.74) is 2.82. The molecule has 0 spiro atoms. The predicted molar refractivity (Wildman–Crippen MR) is 62.8 cm³/mol. The van der Waals surface area contributed by atoms with Crippen LogP contribution < -0.4 is 4.74 Å². The second-order valence-corrected chi connectivity index (χ2v) is 4.13. The average molecular weight is 270 g/mol. The van der Waals surface area contributed by atoms with Gasteiger partial charge >= 0.3 is 0 Å². The highest BCUT2D eigenvalue weighted by atomic mass is 79.9. The molecule has 0 aliphatic carbocycles. The SMILES string of the molecule is COc1ccc2c(CCBr)noc2c1C. The monoisotopic (exact) mass is 269 g/mol. The second-order valence-electron chi connectivity index (χ2n) is 3.34. The van der Waals surface area contributed by atoms with Crippen LogP contribution in [0.2, 0.25) is 0 Å². The van der Waals surface area contributed by atoms with Gasteiger partial charge in [-0.25, -0.2) is 0 Å². The molecule has 0 saturated carbocycles. The molecule has 0 unspecified atom stereocenters. The van der Waals surface area contributed by atoms with Gasteiger partial charge in [0, 0.05) is 22.7 Å². The Morgan fingerprint density at radius 2 is 2.27 bits per heavy atom. The number of rotatable bonds is 3. The molecule has 3 nitrogen and oxygen atoms in total. The number of nitrogens with zero attached hydrogens (tertiary/aromatic N) is 1. The van der Waals surface area contributed by atoms with E-state index >= 15 is 0 Å². The highest BCUT2D eigenvalue weighted by Crippen LogP contribution is 2.29. The van der Waals surface area contributed by atoms with Crippen molar-refractivity contribution in [2.24, 2.45) is 0 Å². The maximum absolute atomic E-state index is 5.32. The Morgan fingerprint density at radius 3 is 2.93 bits per heavy atom. The molecule has 1 aromatic heterocycles. The number of benzene rings is 1. The van der Waals surface area contributed by atoms with E-state index < -0.39 is 0 Å². The molecule has 80 valence electrons. The topological polar surface area (TPSA) is 35.3 Å². The molecular formula is C11H12BrNO2. The van der Waals surface area contributed by atoms with Crippen LogP contribution in [0.4, 0.5) is 0 Å². The first-order valence-corrected chi connectivity index (χ1v) is 5.88. The van der Waals surface area contributed by atoms with Gasteiger partial charge in [0.05, 0.1) is 12.8 Å². The fourth-order valence-electron chi connectivity index (χ4n) is 1.66. The molecule has 0 aliphatic heterocycles. The van der Waals surface area contributed by atoms with Crippen LogP contribution in [0.25, 0.3) is 11.0 Å². The molecule has 1 aromatic carbocycles. The van der Waals surface area contributed by atoms with Crippen molar-refractivity contribution in [2.45, 2.75) is 13.3 Å². The molecule has 0 atom stereocenters. The number of alkyl halides is 1. The van der Waals surface area contributed by atoms with E-state index in [0.29, 0.717) is 0 Å². The molecule has 0 radical (unpaired) electrons. The van der Waals surface area contributed by atoms with Gasteiger partial charge < -0.3 is 9.26 Å². The lowest BCUT2D eigenvalue weighted by molar-refractivity contribution is 0.407. The molecule has 4 heteroatoms. The van der Waals surface area contributed by atoms with Crippen LogP contribution in [0.1, 0.15) is 11.3 Å². The van der Waals surface area contributed by atoms with Crippen LogP contribution in [-0.2, 0) is 6.42 Å². The van der Waals surface area contributed by atoms with Crippen molar-refractivity contribution >= 4 is 26.9 Å². The van der Waals surface area contributed by atoms with Crippen molar-refractivity contribution in [3.8, 4) is 5.75 Å². The van der Waals surface area contributed by atoms with Crippen molar-refractivity contribution in [3.63, 3.8) is 0 Å². The lowest BCUT2D eigenvalue weighted by Gasteiger charge is -2.03. The maximum atomic E-state index is 5.32. The van der Waals surface area contributed by atoms with E-state index in [9.17, 15) is 0 Å². The summed E-state index contributed by atoms with van der Waals surface area (Å²) in [7, 11) is 1.66. The number of fused-ring (bicyclic) bond motifs is 1. The Morgan fingerprint density at radius 1 is 1.47 bits per heavy atom. The lowest BCUT2D eigenvalue weighted by Crippen LogP contribution is -1.88. The average Bonchev–Trinajstić information content (AvgIpc) is 2.64. The number of ether oxygens (including phenoxy) is 1.